The molecule has 146 valence electrons. The summed E-state index contributed by atoms with van der Waals surface area (Å²) < 4.78 is 0. The molecule has 0 bridgehead atoms. The van der Waals surface area contributed by atoms with Gasteiger partial charge in [-0.2, -0.15) is 0 Å². The zero-order valence-electron chi connectivity index (χ0n) is 16.5. The lowest BCUT2D eigenvalue weighted by Gasteiger charge is -2.35. The van der Waals surface area contributed by atoms with Gasteiger partial charge in [-0.1, -0.05) is 18.2 Å². The number of piperidine rings is 1. The number of aromatic nitrogens is 3. The Kier molecular flexibility index (Phi) is 5.03. The van der Waals surface area contributed by atoms with Crippen molar-refractivity contribution in [3.63, 3.8) is 0 Å². The number of aromatic amines is 1. The molecule has 6 heteroatoms. The Morgan fingerprint density at radius 1 is 1.25 bits per heavy atom. The molecule has 28 heavy (non-hydrogen) atoms. The van der Waals surface area contributed by atoms with Gasteiger partial charge in [0.25, 0.3) is 0 Å². The zero-order chi connectivity index (χ0) is 19.6. The highest BCUT2D eigenvalue weighted by Crippen LogP contribution is 2.29. The fourth-order valence-corrected chi connectivity index (χ4v) is 4.00. The van der Waals surface area contributed by atoms with Crippen molar-refractivity contribution in [2.75, 3.05) is 23.3 Å². The van der Waals surface area contributed by atoms with Gasteiger partial charge in [0.05, 0.1) is 10.9 Å². The minimum absolute atomic E-state index is 0.248. The summed E-state index contributed by atoms with van der Waals surface area (Å²) in [6, 6.07) is 11.9. The molecule has 1 aliphatic heterocycles. The van der Waals surface area contributed by atoms with Crippen molar-refractivity contribution in [3.05, 3.63) is 48.9 Å². The van der Waals surface area contributed by atoms with Crippen LogP contribution >= 0.6 is 0 Å². The Bertz CT molecular complexity index is 950. The van der Waals surface area contributed by atoms with Gasteiger partial charge in [0.2, 0.25) is 0 Å². The maximum absolute atomic E-state index is 13.0. The SMILES string of the molecule is CC(C)(Nc1ccccc1)C(=O)C[C@@H]1CCCN(c2ncnc3[nH]ccc23)C1. The molecule has 0 spiro atoms. The average molecular weight is 377 g/mol. The summed E-state index contributed by atoms with van der Waals surface area (Å²) in [6.45, 7) is 5.76. The number of fused-ring (bicyclic) bond motifs is 1. The van der Waals surface area contributed by atoms with Gasteiger partial charge in [-0.3, -0.25) is 4.79 Å². The number of hydrogen-bond donors (Lipinski definition) is 2. The van der Waals surface area contributed by atoms with Gasteiger partial charge in [-0.25, -0.2) is 9.97 Å². The molecule has 2 N–H and O–H groups in total. The number of carbonyl (C=O) groups excluding carboxylic acids is 1. The Hall–Kier alpha value is -2.89. The summed E-state index contributed by atoms with van der Waals surface area (Å²) in [5.41, 5.74) is 1.24. The third-order valence-corrected chi connectivity index (χ3v) is 5.55. The summed E-state index contributed by atoms with van der Waals surface area (Å²) in [6.07, 6.45) is 6.22. The number of para-hydroxylation sites is 1. The minimum atomic E-state index is -0.591. The third kappa shape index (κ3) is 3.86. The highest BCUT2D eigenvalue weighted by molar-refractivity contribution is 5.91. The Morgan fingerprint density at radius 2 is 2.07 bits per heavy atom. The van der Waals surface area contributed by atoms with Gasteiger partial charge in [0.15, 0.2) is 5.78 Å². The molecule has 0 amide bonds. The van der Waals surface area contributed by atoms with E-state index in [-0.39, 0.29) is 5.78 Å². The van der Waals surface area contributed by atoms with Crippen LogP contribution in [0.5, 0.6) is 0 Å². The van der Waals surface area contributed by atoms with Gasteiger partial charge in [-0.05, 0) is 50.8 Å². The van der Waals surface area contributed by atoms with E-state index in [1.54, 1.807) is 6.33 Å². The molecular formula is C22H27N5O. The Balaban J connectivity index is 1.43. The monoisotopic (exact) mass is 377 g/mol. The van der Waals surface area contributed by atoms with Crippen LogP contribution < -0.4 is 10.2 Å². The Morgan fingerprint density at radius 3 is 2.89 bits per heavy atom. The first kappa shape index (κ1) is 18.5. The summed E-state index contributed by atoms with van der Waals surface area (Å²) in [5.74, 6) is 1.55. The molecule has 3 heterocycles. The van der Waals surface area contributed by atoms with E-state index in [4.69, 9.17) is 0 Å². The fourth-order valence-electron chi connectivity index (χ4n) is 4.00. The van der Waals surface area contributed by atoms with Crippen LogP contribution in [0, 0.1) is 5.92 Å². The van der Waals surface area contributed by atoms with Crippen LogP contribution in [-0.4, -0.2) is 39.4 Å². The van der Waals surface area contributed by atoms with Gasteiger partial charge in [-0.15, -0.1) is 0 Å². The van der Waals surface area contributed by atoms with Crippen molar-refractivity contribution in [3.8, 4) is 0 Å². The summed E-state index contributed by atoms with van der Waals surface area (Å²) >= 11 is 0. The standard InChI is InChI=1S/C22H27N5O/c1-22(2,26-17-8-4-3-5-9-17)19(28)13-16-7-6-12-27(14-16)21-18-10-11-23-20(18)24-15-25-21/h3-5,8-11,15-16,26H,6-7,12-14H2,1-2H3,(H,23,24,25)/t16-/m0/s1. The van der Waals surface area contributed by atoms with Crippen molar-refractivity contribution < 1.29 is 4.79 Å². The summed E-state index contributed by atoms with van der Waals surface area (Å²) in [4.78, 5) is 27.3. The average Bonchev–Trinajstić information content (AvgIpc) is 3.17. The van der Waals surface area contributed by atoms with Gasteiger partial charge in [0.1, 0.15) is 17.8 Å². The van der Waals surface area contributed by atoms with Crippen molar-refractivity contribution in [2.24, 2.45) is 5.92 Å². The first-order valence-corrected chi connectivity index (χ1v) is 9.92. The second kappa shape index (κ2) is 7.62. The van der Waals surface area contributed by atoms with Gasteiger partial charge < -0.3 is 15.2 Å². The molecule has 6 nitrogen and oxygen atoms in total. The van der Waals surface area contributed by atoms with E-state index in [9.17, 15) is 4.79 Å². The van der Waals surface area contributed by atoms with Crippen LogP contribution in [0.2, 0.25) is 0 Å². The van der Waals surface area contributed by atoms with Crippen molar-refractivity contribution >= 4 is 28.3 Å². The molecule has 1 saturated heterocycles. The highest BCUT2D eigenvalue weighted by atomic mass is 16.1. The summed E-state index contributed by atoms with van der Waals surface area (Å²) in [7, 11) is 0. The Labute approximate surface area is 165 Å². The number of benzene rings is 1. The van der Waals surface area contributed by atoms with E-state index in [2.05, 4.69) is 25.2 Å². The number of Topliss-reactive ketones (excluding diaryl/α,β-unsaturated/α-hetero) is 1. The van der Waals surface area contributed by atoms with E-state index in [0.29, 0.717) is 12.3 Å². The lowest BCUT2D eigenvalue weighted by Crippen LogP contribution is -2.43. The maximum atomic E-state index is 13.0. The largest absolute Gasteiger partial charge is 0.373 e. The molecule has 1 aromatic carbocycles. The van der Waals surface area contributed by atoms with Gasteiger partial charge in [0, 0.05) is 31.4 Å². The molecule has 1 fully saturated rings. The molecule has 3 aromatic rings. The lowest BCUT2D eigenvalue weighted by atomic mass is 9.86. The van der Waals surface area contributed by atoms with Crippen LogP contribution in [0.15, 0.2) is 48.9 Å². The predicted molar refractivity (Wildman–Crippen MR) is 113 cm³/mol. The van der Waals surface area contributed by atoms with Crippen LogP contribution in [0.4, 0.5) is 11.5 Å². The number of rotatable bonds is 6. The van der Waals surface area contributed by atoms with Crippen molar-refractivity contribution in [2.45, 2.75) is 38.6 Å². The fraction of sp³-hybridized carbons (Fsp3) is 0.409. The maximum Gasteiger partial charge on any atom is 0.157 e. The molecule has 4 rings (SSSR count). The molecule has 1 aliphatic rings. The van der Waals surface area contributed by atoms with Crippen LogP contribution in [0.3, 0.4) is 0 Å². The quantitative estimate of drug-likeness (QED) is 0.679. The number of hydrogen-bond acceptors (Lipinski definition) is 5. The van der Waals surface area contributed by atoms with Crippen LogP contribution in [0.1, 0.15) is 33.1 Å². The molecule has 0 unspecified atom stereocenters. The van der Waals surface area contributed by atoms with E-state index < -0.39 is 5.54 Å². The predicted octanol–water partition coefficient (Wildman–Crippen LogP) is 4.02. The number of nitrogens with one attached hydrogen (secondary N) is 2. The first-order valence-electron chi connectivity index (χ1n) is 9.92. The second-order valence-electron chi connectivity index (χ2n) is 8.13. The first-order chi connectivity index (χ1) is 13.5. The third-order valence-electron chi connectivity index (χ3n) is 5.55. The van der Waals surface area contributed by atoms with Crippen molar-refractivity contribution in [1.82, 2.24) is 15.0 Å². The normalized spacial score (nSPS) is 17.6. The number of carbonyl (C=O) groups is 1. The van der Waals surface area contributed by atoms with Gasteiger partial charge >= 0.3 is 0 Å². The number of ketones is 1. The minimum Gasteiger partial charge on any atom is -0.373 e. The van der Waals surface area contributed by atoms with Crippen molar-refractivity contribution in [1.29, 1.82) is 0 Å². The van der Waals surface area contributed by atoms with E-state index in [1.807, 2.05) is 56.4 Å². The highest BCUT2D eigenvalue weighted by Gasteiger charge is 2.31. The smallest absolute Gasteiger partial charge is 0.157 e. The molecule has 1 atom stereocenters. The van der Waals surface area contributed by atoms with E-state index in [1.165, 1.54) is 0 Å². The second-order valence-corrected chi connectivity index (χ2v) is 8.13. The molecule has 0 aliphatic carbocycles. The molecule has 2 aromatic heterocycles. The number of nitrogens with zero attached hydrogens (tertiary/aromatic N) is 3. The molecule has 0 radical (unpaired) electrons. The molecule has 0 saturated carbocycles. The zero-order valence-corrected chi connectivity index (χ0v) is 16.5. The van der Waals surface area contributed by atoms with Crippen LogP contribution in [-0.2, 0) is 4.79 Å². The number of H-pyrrole nitrogens is 1. The van der Waals surface area contributed by atoms with Crippen LogP contribution in [0.25, 0.3) is 11.0 Å². The summed E-state index contributed by atoms with van der Waals surface area (Å²) in [5, 5.41) is 4.43. The van der Waals surface area contributed by atoms with E-state index in [0.717, 1.165) is 48.5 Å². The topological polar surface area (TPSA) is 73.9 Å². The van der Waals surface area contributed by atoms with E-state index >= 15 is 0 Å². The lowest BCUT2D eigenvalue weighted by molar-refractivity contribution is -0.123. The number of anilines is 2. The molecular weight excluding hydrogens is 350 g/mol.